The minimum atomic E-state index is -0.564. The van der Waals surface area contributed by atoms with E-state index >= 15 is 0 Å². The summed E-state index contributed by atoms with van der Waals surface area (Å²) in [6, 6.07) is 15.3. The molecule has 0 saturated carbocycles. The molecule has 0 atom stereocenters. The Kier molecular flexibility index (Phi) is 4.42. The number of benzene rings is 2. The summed E-state index contributed by atoms with van der Waals surface area (Å²) >= 11 is 0. The number of hydrogen-bond donors (Lipinski definition) is 1. The zero-order valence-electron chi connectivity index (χ0n) is 15.1. The van der Waals surface area contributed by atoms with E-state index in [4.69, 9.17) is 14.1 Å². The zero-order chi connectivity index (χ0) is 19.7. The van der Waals surface area contributed by atoms with E-state index in [2.05, 4.69) is 5.32 Å². The van der Waals surface area contributed by atoms with Gasteiger partial charge < -0.3 is 14.2 Å². The zero-order valence-corrected chi connectivity index (χ0v) is 15.1. The molecule has 0 saturated heterocycles. The highest BCUT2D eigenvalue weighted by Crippen LogP contribution is 2.34. The topological polar surface area (TPSA) is 96.2 Å². The van der Waals surface area contributed by atoms with E-state index in [0.29, 0.717) is 16.7 Å². The molecule has 0 aliphatic rings. The number of nitrogens with zero attached hydrogens (tertiary/aromatic N) is 1. The molecule has 1 amide bonds. The first-order chi connectivity index (χ1) is 13.6. The molecule has 1 N–H and O–H groups in total. The molecule has 0 spiro atoms. The Labute approximate surface area is 160 Å². The molecule has 0 radical (unpaired) electrons. The van der Waals surface area contributed by atoms with Crippen LogP contribution in [0, 0.1) is 18.3 Å². The molecule has 2 heterocycles. The first-order valence-electron chi connectivity index (χ1n) is 8.75. The summed E-state index contributed by atoms with van der Waals surface area (Å²) in [4.78, 5) is 24.3. The molecule has 4 aromatic rings. The van der Waals surface area contributed by atoms with Gasteiger partial charge in [0.15, 0.2) is 0 Å². The maximum Gasteiger partial charge on any atom is 0.340 e. The van der Waals surface area contributed by atoms with Crippen LogP contribution in [-0.4, -0.2) is 12.5 Å². The third-order valence-electron chi connectivity index (χ3n) is 4.77. The summed E-state index contributed by atoms with van der Waals surface area (Å²) in [5.41, 5.74) is 3.39. The van der Waals surface area contributed by atoms with Gasteiger partial charge in [0, 0.05) is 22.4 Å². The number of carbonyl (C=O) groups excluding carboxylic acids is 1. The third-order valence-corrected chi connectivity index (χ3v) is 4.77. The van der Waals surface area contributed by atoms with Crippen molar-refractivity contribution in [2.75, 3.05) is 6.54 Å². The van der Waals surface area contributed by atoms with E-state index in [1.54, 1.807) is 19.3 Å². The Bertz CT molecular complexity index is 1290. The molecule has 0 aliphatic carbocycles. The molecule has 0 aliphatic heterocycles. The van der Waals surface area contributed by atoms with Gasteiger partial charge in [-0.05, 0) is 24.1 Å². The highest BCUT2D eigenvalue weighted by atomic mass is 16.4. The molecule has 2 aromatic carbocycles. The highest BCUT2D eigenvalue weighted by Gasteiger charge is 2.17. The van der Waals surface area contributed by atoms with Gasteiger partial charge in [0.2, 0.25) is 5.91 Å². The third kappa shape index (κ3) is 3.03. The van der Waals surface area contributed by atoms with E-state index < -0.39 is 11.5 Å². The maximum absolute atomic E-state index is 12.4. The normalized spacial score (nSPS) is 10.9. The van der Waals surface area contributed by atoms with Crippen molar-refractivity contribution in [1.29, 1.82) is 5.26 Å². The Hall–Kier alpha value is -3.85. The first-order valence-corrected chi connectivity index (χ1v) is 8.75. The number of hydrogen-bond acceptors (Lipinski definition) is 5. The van der Waals surface area contributed by atoms with Gasteiger partial charge in [0.05, 0.1) is 24.3 Å². The van der Waals surface area contributed by atoms with Crippen molar-refractivity contribution in [2.45, 2.75) is 13.3 Å². The standard InChI is InChI=1S/C22H16N2O4/c1-13-15-9-17-18(14-5-3-2-4-6-14)12-27-19(17)11-20(15)28-22(26)16(13)10-21(25)24-8-7-23/h2-6,9,11-12H,8,10H2,1H3,(H,24,25). The van der Waals surface area contributed by atoms with Crippen molar-refractivity contribution < 1.29 is 13.6 Å². The van der Waals surface area contributed by atoms with Crippen molar-refractivity contribution in [1.82, 2.24) is 5.32 Å². The van der Waals surface area contributed by atoms with Gasteiger partial charge in [-0.1, -0.05) is 30.3 Å². The molecular weight excluding hydrogens is 356 g/mol. The van der Waals surface area contributed by atoms with Crippen LogP contribution in [0.1, 0.15) is 11.1 Å². The summed E-state index contributed by atoms with van der Waals surface area (Å²) in [5, 5.41) is 12.7. The maximum atomic E-state index is 12.4. The smallest absolute Gasteiger partial charge is 0.340 e. The summed E-state index contributed by atoms with van der Waals surface area (Å²) in [5.74, 6) is -0.398. The van der Waals surface area contributed by atoms with E-state index in [1.807, 2.05) is 42.5 Å². The Morgan fingerprint density at radius 3 is 2.68 bits per heavy atom. The van der Waals surface area contributed by atoms with Gasteiger partial charge in [0.25, 0.3) is 0 Å². The average Bonchev–Trinajstić information content (AvgIpc) is 3.12. The minimum Gasteiger partial charge on any atom is -0.464 e. The number of amides is 1. The van der Waals surface area contributed by atoms with Crippen LogP contribution in [-0.2, 0) is 11.2 Å². The van der Waals surface area contributed by atoms with Crippen LogP contribution in [0.15, 0.2) is 62.4 Å². The van der Waals surface area contributed by atoms with Crippen LogP contribution in [0.3, 0.4) is 0 Å². The number of rotatable bonds is 4. The fraction of sp³-hybridized carbons (Fsp3) is 0.136. The number of fused-ring (bicyclic) bond motifs is 2. The lowest BCUT2D eigenvalue weighted by molar-refractivity contribution is -0.120. The lowest BCUT2D eigenvalue weighted by Crippen LogP contribution is -2.28. The molecule has 6 nitrogen and oxygen atoms in total. The molecule has 28 heavy (non-hydrogen) atoms. The van der Waals surface area contributed by atoms with Crippen LogP contribution in [0.5, 0.6) is 0 Å². The summed E-state index contributed by atoms with van der Waals surface area (Å²) in [6.07, 6.45) is 1.54. The second kappa shape index (κ2) is 7.05. The van der Waals surface area contributed by atoms with Gasteiger partial charge in [-0.3, -0.25) is 4.79 Å². The molecule has 0 fully saturated rings. The lowest BCUT2D eigenvalue weighted by Gasteiger charge is -2.08. The van der Waals surface area contributed by atoms with Crippen molar-refractivity contribution in [3.05, 3.63) is 70.3 Å². The summed E-state index contributed by atoms with van der Waals surface area (Å²) in [6.45, 7) is 1.69. The van der Waals surface area contributed by atoms with Crippen molar-refractivity contribution in [3.63, 3.8) is 0 Å². The van der Waals surface area contributed by atoms with E-state index in [-0.39, 0.29) is 18.5 Å². The first kappa shape index (κ1) is 17.6. The van der Waals surface area contributed by atoms with Crippen molar-refractivity contribution in [3.8, 4) is 17.2 Å². The number of carbonyl (C=O) groups is 1. The lowest BCUT2D eigenvalue weighted by atomic mass is 9.99. The molecule has 0 unspecified atom stereocenters. The Morgan fingerprint density at radius 1 is 1.14 bits per heavy atom. The fourth-order valence-corrected chi connectivity index (χ4v) is 3.32. The molecule has 0 bridgehead atoms. The number of nitriles is 1. The van der Waals surface area contributed by atoms with Crippen LogP contribution >= 0.6 is 0 Å². The summed E-state index contributed by atoms with van der Waals surface area (Å²) in [7, 11) is 0. The predicted molar refractivity (Wildman–Crippen MR) is 105 cm³/mol. The van der Waals surface area contributed by atoms with Crippen LogP contribution in [0.25, 0.3) is 33.1 Å². The Morgan fingerprint density at radius 2 is 1.93 bits per heavy atom. The van der Waals surface area contributed by atoms with Crippen molar-refractivity contribution >= 4 is 27.8 Å². The van der Waals surface area contributed by atoms with Gasteiger partial charge in [-0.15, -0.1) is 0 Å². The largest absolute Gasteiger partial charge is 0.464 e. The van der Waals surface area contributed by atoms with Crippen LogP contribution in [0.4, 0.5) is 0 Å². The number of furan rings is 1. The van der Waals surface area contributed by atoms with Gasteiger partial charge in [-0.2, -0.15) is 5.26 Å². The number of aryl methyl sites for hydroxylation is 1. The molecule has 4 rings (SSSR count). The molecule has 6 heteroatoms. The van der Waals surface area contributed by atoms with Crippen molar-refractivity contribution in [2.24, 2.45) is 0 Å². The molecular formula is C22H16N2O4. The Balaban J connectivity index is 1.86. The predicted octanol–water partition coefficient (Wildman–Crippen LogP) is 3.70. The van der Waals surface area contributed by atoms with E-state index in [0.717, 1.165) is 21.9 Å². The average molecular weight is 372 g/mol. The second-order valence-electron chi connectivity index (χ2n) is 6.46. The van der Waals surface area contributed by atoms with Crippen LogP contribution in [0.2, 0.25) is 0 Å². The van der Waals surface area contributed by atoms with Gasteiger partial charge in [-0.25, -0.2) is 4.79 Å². The van der Waals surface area contributed by atoms with Gasteiger partial charge >= 0.3 is 5.63 Å². The quantitative estimate of drug-likeness (QED) is 0.435. The van der Waals surface area contributed by atoms with E-state index in [9.17, 15) is 9.59 Å². The second-order valence-corrected chi connectivity index (χ2v) is 6.46. The molecule has 2 aromatic heterocycles. The highest BCUT2D eigenvalue weighted by molar-refractivity contribution is 6.02. The van der Waals surface area contributed by atoms with Gasteiger partial charge in [0.1, 0.15) is 17.7 Å². The monoisotopic (exact) mass is 372 g/mol. The molecule has 138 valence electrons. The van der Waals surface area contributed by atoms with E-state index in [1.165, 1.54) is 0 Å². The SMILES string of the molecule is Cc1c(CC(=O)NCC#N)c(=O)oc2cc3occ(-c4ccccc4)c3cc12. The van der Waals surface area contributed by atoms with Crippen LogP contribution < -0.4 is 10.9 Å². The minimum absolute atomic E-state index is 0.104. The summed E-state index contributed by atoms with van der Waals surface area (Å²) < 4.78 is 11.1. The fourth-order valence-electron chi connectivity index (χ4n) is 3.32. The number of nitrogens with one attached hydrogen (secondary N) is 1.